The Hall–Kier alpha value is -0.410. The van der Waals surface area contributed by atoms with Gasteiger partial charge in [-0.25, -0.2) is 4.98 Å². The molecule has 1 fully saturated rings. The standard InChI is InChI=1S/C17H28N2S/c1-4-17(2,3)12-8-9-13-15(11-12)20-16(19-13)14-7-5-6-10-18-14/h12,14,18H,4-11H2,1-3H3. The number of nitrogens with one attached hydrogen (secondary N) is 1. The smallest absolute Gasteiger partial charge is 0.110 e. The Balaban J connectivity index is 1.75. The van der Waals surface area contributed by atoms with Crippen molar-refractivity contribution >= 4 is 11.3 Å². The first-order chi connectivity index (χ1) is 9.60. The third-order valence-electron chi connectivity index (χ3n) is 5.58. The lowest BCUT2D eigenvalue weighted by Gasteiger charge is -2.35. The lowest BCUT2D eigenvalue weighted by Crippen LogP contribution is -2.28. The van der Waals surface area contributed by atoms with E-state index < -0.39 is 0 Å². The van der Waals surface area contributed by atoms with Gasteiger partial charge in [0.15, 0.2) is 0 Å². The van der Waals surface area contributed by atoms with E-state index in [1.165, 1.54) is 62.2 Å². The summed E-state index contributed by atoms with van der Waals surface area (Å²) in [7, 11) is 0. The van der Waals surface area contributed by atoms with Crippen LogP contribution in [-0.2, 0) is 12.8 Å². The first-order valence-electron chi connectivity index (χ1n) is 8.32. The van der Waals surface area contributed by atoms with Gasteiger partial charge >= 0.3 is 0 Å². The molecule has 0 saturated carbocycles. The van der Waals surface area contributed by atoms with Crippen LogP contribution in [0.1, 0.15) is 74.5 Å². The van der Waals surface area contributed by atoms with E-state index in [9.17, 15) is 0 Å². The SMILES string of the molecule is CCC(C)(C)C1CCc2nc(C3CCCCN3)sc2C1. The highest BCUT2D eigenvalue weighted by Crippen LogP contribution is 2.42. The maximum Gasteiger partial charge on any atom is 0.110 e. The van der Waals surface area contributed by atoms with Gasteiger partial charge in [-0.3, -0.25) is 0 Å². The fourth-order valence-corrected chi connectivity index (χ4v) is 4.86. The van der Waals surface area contributed by atoms with Crippen molar-refractivity contribution in [3.63, 3.8) is 0 Å². The van der Waals surface area contributed by atoms with Crippen LogP contribution in [-0.4, -0.2) is 11.5 Å². The molecule has 1 saturated heterocycles. The van der Waals surface area contributed by atoms with Crippen molar-refractivity contribution in [2.75, 3.05) is 6.54 Å². The minimum atomic E-state index is 0.477. The quantitative estimate of drug-likeness (QED) is 0.887. The number of aryl methyl sites for hydroxylation is 1. The summed E-state index contributed by atoms with van der Waals surface area (Å²) in [5.74, 6) is 0.840. The number of hydrogen-bond acceptors (Lipinski definition) is 3. The molecule has 1 aromatic heterocycles. The summed E-state index contributed by atoms with van der Waals surface area (Å²) in [4.78, 5) is 6.56. The molecule has 20 heavy (non-hydrogen) atoms. The van der Waals surface area contributed by atoms with Crippen LogP contribution in [0.2, 0.25) is 0 Å². The number of thiazole rings is 1. The molecule has 1 aromatic rings. The van der Waals surface area contributed by atoms with Gasteiger partial charge in [-0.1, -0.05) is 33.6 Å². The van der Waals surface area contributed by atoms with Gasteiger partial charge in [-0.05, 0) is 50.0 Å². The summed E-state index contributed by atoms with van der Waals surface area (Å²) in [6, 6.07) is 0.539. The molecule has 2 aliphatic rings. The van der Waals surface area contributed by atoms with Crippen LogP contribution in [0, 0.1) is 11.3 Å². The molecule has 1 aliphatic carbocycles. The fourth-order valence-electron chi connectivity index (χ4n) is 3.56. The van der Waals surface area contributed by atoms with Gasteiger partial charge in [0.05, 0.1) is 11.7 Å². The Morgan fingerprint density at radius 2 is 2.15 bits per heavy atom. The molecule has 0 aromatic carbocycles. The minimum absolute atomic E-state index is 0.477. The summed E-state index contributed by atoms with van der Waals surface area (Å²) in [6.07, 6.45) is 9.03. The van der Waals surface area contributed by atoms with E-state index in [4.69, 9.17) is 4.98 Å². The van der Waals surface area contributed by atoms with E-state index in [1.807, 2.05) is 11.3 Å². The molecule has 0 radical (unpaired) electrons. The molecule has 3 rings (SSSR count). The van der Waals surface area contributed by atoms with E-state index in [-0.39, 0.29) is 0 Å². The van der Waals surface area contributed by atoms with E-state index in [0.717, 1.165) is 5.92 Å². The van der Waals surface area contributed by atoms with Crippen molar-refractivity contribution in [3.05, 3.63) is 15.6 Å². The largest absolute Gasteiger partial charge is 0.308 e. The number of fused-ring (bicyclic) bond motifs is 1. The molecule has 0 bridgehead atoms. The molecule has 3 heteroatoms. The van der Waals surface area contributed by atoms with Crippen LogP contribution in [0.25, 0.3) is 0 Å². The molecule has 1 aliphatic heterocycles. The topological polar surface area (TPSA) is 24.9 Å². The Kier molecular flexibility index (Phi) is 4.19. The van der Waals surface area contributed by atoms with Crippen LogP contribution in [0.3, 0.4) is 0 Å². The van der Waals surface area contributed by atoms with Crippen molar-refractivity contribution in [2.45, 2.75) is 71.8 Å². The van der Waals surface area contributed by atoms with Crippen molar-refractivity contribution in [2.24, 2.45) is 11.3 Å². The Bertz CT molecular complexity index is 458. The summed E-state index contributed by atoms with van der Waals surface area (Å²) in [5, 5.41) is 5.01. The van der Waals surface area contributed by atoms with Crippen molar-refractivity contribution in [3.8, 4) is 0 Å². The number of hydrogen-bond donors (Lipinski definition) is 1. The third-order valence-corrected chi connectivity index (χ3v) is 6.81. The maximum atomic E-state index is 4.97. The zero-order valence-corrected chi connectivity index (χ0v) is 14.0. The monoisotopic (exact) mass is 292 g/mol. The number of rotatable bonds is 3. The first kappa shape index (κ1) is 14.5. The number of piperidine rings is 1. The Labute approximate surface area is 127 Å². The highest BCUT2D eigenvalue weighted by molar-refractivity contribution is 7.11. The molecule has 1 N–H and O–H groups in total. The van der Waals surface area contributed by atoms with E-state index in [0.29, 0.717) is 11.5 Å². The average molecular weight is 292 g/mol. The minimum Gasteiger partial charge on any atom is -0.308 e. The van der Waals surface area contributed by atoms with Gasteiger partial charge in [0, 0.05) is 4.88 Å². The van der Waals surface area contributed by atoms with Crippen LogP contribution < -0.4 is 5.32 Å². The van der Waals surface area contributed by atoms with Gasteiger partial charge in [0.2, 0.25) is 0 Å². The molecule has 2 nitrogen and oxygen atoms in total. The van der Waals surface area contributed by atoms with Gasteiger partial charge in [-0.15, -0.1) is 11.3 Å². The van der Waals surface area contributed by atoms with Gasteiger partial charge in [0.25, 0.3) is 0 Å². The zero-order chi connectivity index (χ0) is 14.2. The highest BCUT2D eigenvalue weighted by atomic mass is 32.1. The lowest BCUT2D eigenvalue weighted by atomic mass is 9.70. The van der Waals surface area contributed by atoms with Gasteiger partial charge in [0.1, 0.15) is 5.01 Å². The molecule has 112 valence electrons. The van der Waals surface area contributed by atoms with Gasteiger partial charge in [-0.2, -0.15) is 0 Å². The summed E-state index contributed by atoms with van der Waals surface area (Å²) >= 11 is 2.00. The van der Waals surface area contributed by atoms with Crippen molar-refractivity contribution < 1.29 is 0 Å². The molecule has 0 amide bonds. The first-order valence-corrected chi connectivity index (χ1v) is 9.13. The predicted octanol–water partition coefficient (Wildman–Crippen LogP) is 4.50. The second kappa shape index (κ2) is 5.76. The molecular weight excluding hydrogens is 264 g/mol. The average Bonchev–Trinajstić information content (AvgIpc) is 2.91. The second-order valence-corrected chi connectivity index (χ2v) is 8.32. The maximum absolute atomic E-state index is 4.97. The van der Waals surface area contributed by atoms with Crippen molar-refractivity contribution in [1.29, 1.82) is 0 Å². The summed E-state index contributed by atoms with van der Waals surface area (Å²) in [5.41, 5.74) is 1.89. The highest BCUT2D eigenvalue weighted by Gasteiger charge is 2.33. The summed E-state index contributed by atoms with van der Waals surface area (Å²) < 4.78 is 0. The predicted molar refractivity (Wildman–Crippen MR) is 86.3 cm³/mol. The molecule has 0 spiro atoms. The van der Waals surface area contributed by atoms with Crippen LogP contribution in [0.5, 0.6) is 0 Å². The van der Waals surface area contributed by atoms with Crippen molar-refractivity contribution in [1.82, 2.24) is 10.3 Å². The number of aromatic nitrogens is 1. The van der Waals surface area contributed by atoms with Gasteiger partial charge < -0.3 is 5.32 Å². The van der Waals surface area contributed by atoms with E-state index in [1.54, 1.807) is 4.88 Å². The molecular formula is C17H28N2S. The van der Waals surface area contributed by atoms with Crippen LogP contribution >= 0.6 is 11.3 Å². The zero-order valence-electron chi connectivity index (χ0n) is 13.2. The Morgan fingerprint density at radius 3 is 2.85 bits per heavy atom. The normalized spacial score (nSPS) is 27.4. The van der Waals surface area contributed by atoms with E-state index in [2.05, 4.69) is 26.1 Å². The third kappa shape index (κ3) is 2.80. The second-order valence-electron chi connectivity index (χ2n) is 7.21. The van der Waals surface area contributed by atoms with Crippen LogP contribution in [0.4, 0.5) is 0 Å². The Morgan fingerprint density at radius 1 is 1.30 bits per heavy atom. The molecule has 2 unspecified atom stereocenters. The lowest BCUT2D eigenvalue weighted by molar-refractivity contribution is 0.183. The summed E-state index contributed by atoms with van der Waals surface area (Å²) in [6.45, 7) is 8.38. The van der Waals surface area contributed by atoms with Crippen LogP contribution in [0.15, 0.2) is 0 Å². The molecule has 2 heterocycles. The number of nitrogens with zero attached hydrogens (tertiary/aromatic N) is 1. The van der Waals surface area contributed by atoms with E-state index >= 15 is 0 Å². The fraction of sp³-hybridized carbons (Fsp3) is 0.824. The molecule has 2 atom stereocenters.